The second kappa shape index (κ2) is 9.33. The molecule has 0 aliphatic carbocycles. The molecule has 0 bridgehead atoms. The van der Waals surface area contributed by atoms with Crippen molar-refractivity contribution in [2.75, 3.05) is 13.2 Å². The number of ether oxygens (including phenoxy) is 3. The Hall–Kier alpha value is -1.72. The minimum atomic E-state index is -0.318. The van der Waals surface area contributed by atoms with Crippen LogP contribution in [0.5, 0.6) is 0 Å². The van der Waals surface area contributed by atoms with E-state index in [0.717, 1.165) is 31.6 Å². The zero-order valence-corrected chi connectivity index (χ0v) is 13.0. The molecule has 120 valence electrons. The van der Waals surface area contributed by atoms with E-state index in [1.165, 1.54) is 0 Å². The predicted molar refractivity (Wildman–Crippen MR) is 82.0 cm³/mol. The maximum Gasteiger partial charge on any atom is 0.334 e. The number of hydrogen-bond acceptors (Lipinski definition) is 5. The lowest BCUT2D eigenvalue weighted by molar-refractivity contribution is -0.162. The van der Waals surface area contributed by atoms with E-state index < -0.39 is 0 Å². The first-order chi connectivity index (χ1) is 10.8. The molecule has 5 heteroatoms. The highest BCUT2D eigenvalue weighted by Gasteiger charge is 2.15. The lowest BCUT2D eigenvalue weighted by atomic mass is 10.2. The summed E-state index contributed by atoms with van der Waals surface area (Å²) >= 11 is 0. The summed E-state index contributed by atoms with van der Waals surface area (Å²) in [6.07, 6.45) is 7.00. The molecule has 2 heterocycles. The van der Waals surface area contributed by atoms with Crippen LogP contribution in [0.2, 0.25) is 0 Å². The Bertz CT molecular complexity index is 481. The van der Waals surface area contributed by atoms with Gasteiger partial charge in [-0.15, -0.1) is 0 Å². The summed E-state index contributed by atoms with van der Waals surface area (Å²) in [6.45, 7) is 3.23. The zero-order chi connectivity index (χ0) is 15.6. The summed E-state index contributed by atoms with van der Waals surface area (Å²) in [5.74, 6) is -0.318. The molecule has 1 saturated heterocycles. The predicted octanol–water partition coefficient (Wildman–Crippen LogP) is 3.00. The van der Waals surface area contributed by atoms with E-state index in [2.05, 4.69) is 4.98 Å². The van der Waals surface area contributed by atoms with Crippen molar-refractivity contribution in [3.63, 3.8) is 0 Å². The van der Waals surface area contributed by atoms with Crippen molar-refractivity contribution in [1.29, 1.82) is 0 Å². The fraction of sp³-hybridized carbons (Fsp3) is 0.529. The maximum absolute atomic E-state index is 12.0. The van der Waals surface area contributed by atoms with E-state index in [1.807, 2.05) is 25.1 Å². The molecule has 0 radical (unpaired) electrons. The molecule has 0 spiro atoms. The molecule has 2 rings (SSSR count). The van der Waals surface area contributed by atoms with E-state index in [-0.39, 0.29) is 18.9 Å². The average Bonchev–Trinajstić information content (AvgIpc) is 2.58. The highest BCUT2D eigenvalue weighted by molar-refractivity contribution is 5.88. The Morgan fingerprint density at radius 3 is 3.05 bits per heavy atom. The van der Waals surface area contributed by atoms with Crippen LogP contribution in [0, 0.1) is 0 Å². The second-order valence-electron chi connectivity index (χ2n) is 5.13. The number of carbonyl (C=O) groups excluding carboxylic acids is 1. The lowest BCUT2D eigenvalue weighted by Crippen LogP contribution is -2.23. The second-order valence-corrected chi connectivity index (χ2v) is 5.13. The first-order valence-electron chi connectivity index (χ1n) is 7.75. The molecule has 1 unspecified atom stereocenters. The van der Waals surface area contributed by atoms with E-state index in [0.29, 0.717) is 18.6 Å². The number of carbonyl (C=O) groups is 1. The van der Waals surface area contributed by atoms with Crippen LogP contribution in [-0.4, -0.2) is 30.5 Å². The van der Waals surface area contributed by atoms with Gasteiger partial charge in [-0.1, -0.05) is 12.1 Å². The molecule has 1 aliphatic rings. The minimum Gasteiger partial charge on any atom is -0.456 e. The number of hydrogen-bond donors (Lipinski definition) is 0. The van der Waals surface area contributed by atoms with Gasteiger partial charge in [0.25, 0.3) is 0 Å². The van der Waals surface area contributed by atoms with E-state index in [1.54, 1.807) is 12.3 Å². The quantitative estimate of drug-likeness (QED) is 0.572. The van der Waals surface area contributed by atoms with Gasteiger partial charge in [-0.25, -0.2) is 4.79 Å². The summed E-state index contributed by atoms with van der Waals surface area (Å²) in [4.78, 5) is 16.1. The van der Waals surface area contributed by atoms with Crippen LogP contribution >= 0.6 is 0 Å². The van der Waals surface area contributed by atoms with Crippen molar-refractivity contribution < 1.29 is 19.0 Å². The zero-order valence-electron chi connectivity index (χ0n) is 13.0. The standard InChI is InChI=1S/C17H23NO4/c1-2-14(9-12-21-16-8-4-6-11-20-16)17(19)22-13-15-7-3-5-10-18-15/h2-3,5,7,10,16H,4,6,8-9,11-13H2,1H3/b14-2-. The van der Waals surface area contributed by atoms with Gasteiger partial charge in [-0.2, -0.15) is 0 Å². The van der Waals surface area contributed by atoms with Crippen LogP contribution in [0.3, 0.4) is 0 Å². The lowest BCUT2D eigenvalue weighted by Gasteiger charge is -2.22. The van der Waals surface area contributed by atoms with Crippen LogP contribution in [0.15, 0.2) is 36.0 Å². The first-order valence-corrected chi connectivity index (χ1v) is 7.75. The van der Waals surface area contributed by atoms with Crippen molar-refractivity contribution in [3.8, 4) is 0 Å². The molecular weight excluding hydrogens is 282 g/mol. The molecular formula is C17H23NO4. The molecule has 0 saturated carbocycles. The fourth-order valence-electron chi connectivity index (χ4n) is 2.22. The highest BCUT2D eigenvalue weighted by atomic mass is 16.7. The summed E-state index contributed by atoms with van der Waals surface area (Å²) in [5, 5.41) is 0. The van der Waals surface area contributed by atoms with Crippen molar-refractivity contribution in [3.05, 3.63) is 41.7 Å². The van der Waals surface area contributed by atoms with Gasteiger partial charge in [0, 0.05) is 24.8 Å². The number of esters is 1. The van der Waals surface area contributed by atoms with Gasteiger partial charge >= 0.3 is 5.97 Å². The van der Waals surface area contributed by atoms with Crippen molar-refractivity contribution in [2.45, 2.75) is 45.5 Å². The first kappa shape index (κ1) is 16.6. The van der Waals surface area contributed by atoms with E-state index in [9.17, 15) is 4.79 Å². The Balaban J connectivity index is 1.70. The van der Waals surface area contributed by atoms with Gasteiger partial charge in [0.15, 0.2) is 6.29 Å². The third-order valence-electron chi connectivity index (χ3n) is 3.50. The topological polar surface area (TPSA) is 57.7 Å². The molecule has 22 heavy (non-hydrogen) atoms. The van der Waals surface area contributed by atoms with Crippen molar-refractivity contribution in [2.24, 2.45) is 0 Å². The SMILES string of the molecule is C/C=C(/CCOC1CCCCO1)C(=O)OCc1ccccn1. The highest BCUT2D eigenvalue weighted by Crippen LogP contribution is 2.15. The maximum atomic E-state index is 12.0. The van der Waals surface area contributed by atoms with Crippen molar-refractivity contribution in [1.82, 2.24) is 4.98 Å². The summed E-state index contributed by atoms with van der Waals surface area (Å²) < 4.78 is 16.4. The van der Waals surface area contributed by atoms with Gasteiger partial charge < -0.3 is 14.2 Å². The van der Waals surface area contributed by atoms with Crippen molar-refractivity contribution >= 4 is 5.97 Å². The molecule has 1 aromatic heterocycles. The summed E-state index contributed by atoms with van der Waals surface area (Å²) in [7, 11) is 0. The Kier molecular flexibility index (Phi) is 7.06. The molecule has 1 aromatic rings. The van der Waals surface area contributed by atoms with E-state index >= 15 is 0 Å². The van der Waals surface area contributed by atoms with Crippen LogP contribution in [-0.2, 0) is 25.6 Å². The van der Waals surface area contributed by atoms with Gasteiger partial charge in [-0.05, 0) is 38.3 Å². The molecule has 5 nitrogen and oxygen atoms in total. The summed E-state index contributed by atoms with van der Waals surface area (Å²) in [6, 6.07) is 5.52. The normalized spacial score (nSPS) is 19.0. The van der Waals surface area contributed by atoms with Gasteiger partial charge in [0.2, 0.25) is 0 Å². The largest absolute Gasteiger partial charge is 0.456 e. The molecule has 0 aromatic carbocycles. The minimum absolute atomic E-state index is 0.128. The molecule has 0 amide bonds. The number of nitrogens with zero attached hydrogens (tertiary/aromatic N) is 1. The number of rotatable bonds is 7. The molecule has 1 fully saturated rings. The molecule has 1 atom stereocenters. The smallest absolute Gasteiger partial charge is 0.334 e. The molecule has 0 N–H and O–H groups in total. The number of pyridine rings is 1. The number of aromatic nitrogens is 1. The summed E-state index contributed by atoms with van der Waals surface area (Å²) in [5.41, 5.74) is 1.35. The van der Waals surface area contributed by atoms with Crippen LogP contribution in [0.25, 0.3) is 0 Å². The monoisotopic (exact) mass is 305 g/mol. The Morgan fingerprint density at radius 2 is 2.36 bits per heavy atom. The van der Waals surface area contributed by atoms with Gasteiger partial charge in [0.05, 0.1) is 12.3 Å². The third kappa shape index (κ3) is 5.58. The Morgan fingerprint density at radius 1 is 1.45 bits per heavy atom. The average molecular weight is 305 g/mol. The van der Waals surface area contributed by atoms with Gasteiger partial charge in [-0.3, -0.25) is 4.98 Å². The van der Waals surface area contributed by atoms with Gasteiger partial charge in [0.1, 0.15) is 6.61 Å². The fourth-order valence-corrected chi connectivity index (χ4v) is 2.22. The van der Waals surface area contributed by atoms with Crippen LogP contribution in [0.4, 0.5) is 0 Å². The molecule has 1 aliphatic heterocycles. The van der Waals surface area contributed by atoms with E-state index in [4.69, 9.17) is 14.2 Å². The third-order valence-corrected chi connectivity index (χ3v) is 3.50. The number of allylic oxidation sites excluding steroid dienone is 1. The van der Waals surface area contributed by atoms with Crippen LogP contribution in [0.1, 0.15) is 38.3 Å². The Labute approximate surface area is 131 Å². The van der Waals surface area contributed by atoms with Crippen LogP contribution < -0.4 is 0 Å².